The molecule has 1 aromatic carbocycles. The molecule has 0 aromatic heterocycles. The number of aliphatic hydroxyl groups excluding tert-OH is 1. The van der Waals surface area contributed by atoms with Crippen molar-refractivity contribution < 1.29 is 19.1 Å². The monoisotopic (exact) mass is 293 g/mol. The van der Waals surface area contributed by atoms with Crippen LogP contribution in [0, 0.1) is 11.2 Å². The van der Waals surface area contributed by atoms with Crippen LogP contribution in [-0.4, -0.2) is 28.4 Å². The molecule has 4 nitrogen and oxygen atoms in total. The van der Waals surface area contributed by atoms with E-state index in [0.29, 0.717) is 12.8 Å². The average molecular weight is 293 g/mol. The molecule has 1 aromatic rings. The Morgan fingerprint density at radius 2 is 1.90 bits per heavy atom. The number of carbonyl (C=O) groups is 2. The first kappa shape index (κ1) is 15.6. The lowest BCUT2D eigenvalue weighted by molar-refractivity contribution is -0.143. The highest BCUT2D eigenvalue weighted by Gasteiger charge is 2.49. The third-order valence-corrected chi connectivity index (χ3v) is 4.46. The molecule has 1 fully saturated rings. The van der Waals surface area contributed by atoms with Gasteiger partial charge in [0, 0.05) is 12.0 Å². The van der Waals surface area contributed by atoms with Crippen molar-refractivity contribution in [1.82, 2.24) is 4.90 Å². The highest BCUT2D eigenvalue weighted by atomic mass is 19.1. The first-order valence-corrected chi connectivity index (χ1v) is 7.22. The fraction of sp³-hybridized carbons (Fsp3) is 0.500. The van der Waals surface area contributed by atoms with E-state index in [4.69, 9.17) is 0 Å². The van der Waals surface area contributed by atoms with Crippen LogP contribution in [0.1, 0.15) is 44.8 Å². The second-order valence-corrected chi connectivity index (χ2v) is 5.51. The van der Waals surface area contributed by atoms with Gasteiger partial charge in [-0.2, -0.15) is 0 Å². The van der Waals surface area contributed by atoms with Crippen LogP contribution in [-0.2, 0) is 9.59 Å². The Balaban J connectivity index is 2.18. The molecule has 21 heavy (non-hydrogen) atoms. The summed E-state index contributed by atoms with van der Waals surface area (Å²) >= 11 is 0. The lowest BCUT2D eigenvalue weighted by Crippen LogP contribution is -2.38. The average Bonchev–Trinajstić information content (AvgIpc) is 2.72. The van der Waals surface area contributed by atoms with Gasteiger partial charge in [0.25, 0.3) is 0 Å². The van der Waals surface area contributed by atoms with Crippen LogP contribution in [0.5, 0.6) is 0 Å². The molecule has 1 aliphatic rings. The van der Waals surface area contributed by atoms with Crippen molar-refractivity contribution in [2.75, 3.05) is 6.54 Å². The van der Waals surface area contributed by atoms with E-state index in [1.165, 1.54) is 18.2 Å². The number of β-amino-alcohol motifs (C(OH)–C–C–N with tert-alkyl or cyclic N) is 1. The number of imide groups is 1. The molecule has 2 amide bonds. The molecule has 1 heterocycles. The molecule has 1 aliphatic heterocycles. The van der Waals surface area contributed by atoms with E-state index in [2.05, 4.69) is 0 Å². The van der Waals surface area contributed by atoms with Crippen LogP contribution in [0.2, 0.25) is 0 Å². The third kappa shape index (κ3) is 2.70. The first-order valence-electron chi connectivity index (χ1n) is 7.22. The van der Waals surface area contributed by atoms with Crippen molar-refractivity contribution in [3.8, 4) is 0 Å². The topological polar surface area (TPSA) is 57.6 Å². The summed E-state index contributed by atoms with van der Waals surface area (Å²) in [6.07, 6.45) is 0.132. The van der Waals surface area contributed by atoms with Crippen LogP contribution < -0.4 is 0 Å². The molecule has 5 heteroatoms. The molecule has 2 rings (SSSR count). The molecule has 0 saturated carbocycles. The number of aliphatic hydroxyl groups is 1. The second kappa shape index (κ2) is 5.93. The summed E-state index contributed by atoms with van der Waals surface area (Å²) in [5.74, 6) is -1.09. The Hall–Kier alpha value is -1.75. The first-order chi connectivity index (χ1) is 9.95. The van der Waals surface area contributed by atoms with Crippen molar-refractivity contribution in [2.24, 2.45) is 5.41 Å². The van der Waals surface area contributed by atoms with Crippen molar-refractivity contribution in [3.63, 3.8) is 0 Å². The van der Waals surface area contributed by atoms with Crippen molar-refractivity contribution in [3.05, 3.63) is 35.6 Å². The minimum absolute atomic E-state index is 0.101. The zero-order chi connectivity index (χ0) is 15.6. The number of carbonyl (C=O) groups excluding carboxylic acids is 2. The number of benzene rings is 1. The summed E-state index contributed by atoms with van der Waals surface area (Å²) in [4.78, 5) is 25.6. The Morgan fingerprint density at radius 3 is 2.43 bits per heavy atom. The minimum Gasteiger partial charge on any atom is -0.386 e. The van der Waals surface area contributed by atoms with Gasteiger partial charge in [-0.05, 0) is 18.9 Å². The summed E-state index contributed by atoms with van der Waals surface area (Å²) < 4.78 is 13.6. The van der Waals surface area contributed by atoms with Crippen LogP contribution in [0.4, 0.5) is 4.39 Å². The molecule has 0 aliphatic carbocycles. The molecule has 0 radical (unpaired) electrons. The van der Waals surface area contributed by atoms with Crippen molar-refractivity contribution in [1.29, 1.82) is 0 Å². The quantitative estimate of drug-likeness (QED) is 0.848. The maximum Gasteiger partial charge on any atom is 0.235 e. The van der Waals surface area contributed by atoms with Gasteiger partial charge in [0.1, 0.15) is 5.82 Å². The third-order valence-electron chi connectivity index (χ3n) is 4.46. The van der Waals surface area contributed by atoms with E-state index in [0.717, 1.165) is 4.90 Å². The molecular formula is C16H20FNO3. The Labute approximate surface area is 123 Å². The molecule has 1 atom stereocenters. The summed E-state index contributed by atoms with van der Waals surface area (Å²) in [6.45, 7) is 3.57. The SMILES string of the molecule is CCC1(CC)CC(=O)N(CC(O)c2ccccc2F)C1=O. The van der Waals surface area contributed by atoms with Crippen molar-refractivity contribution >= 4 is 11.8 Å². The summed E-state index contributed by atoms with van der Waals surface area (Å²) in [5.41, 5.74) is -0.560. The zero-order valence-electron chi connectivity index (χ0n) is 12.3. The Morgan fingerprint density at radius 1 is 1.29 bits per heavy atom. The predicted molar refractivity (Wildman–Crippen MR) is 75.7 cm³/mol. The highest BCUT2D eigenvalue weighted by Crippen LogP contribution is 2.39. The fourth-order valence-electron chi connectivity index (χ4n) is 2.86. The van der Waals surface area contributed by atoms with E-state index in [9.17, 15) is 19.1 Å². The van der Waals surface area contributed by atoms with Crippen molar-refractivity contribution in [2.45, 2.75) is 39.2 Å². The van der Waals surface area contributed by atoms with Crippen LogP contribution in [0.25, 0.3) is 0 Å². The maximum absolute atomic E-state index is 13.6. The van der Waals surface area contributed by atoms with E-state index >= 15 is 0 Å². The minimum atomic E-state index is -1.20. The maximum atomic E-state index is 13.6. The van der Waals surface area contributed by atoms with Gasteiger partial charge in [0.05, 0.1) is 18.1 Å². The number of hydrogen-bond acceptors (Lipinski definition) is 3. The lowest BCUT2D eigenvalue weighted by atomic mass is 9.81. The number of halogens is 1. The largest absolute Gasteiger partial charge is 0.386 e. The Kier molecular flexibility index (Phi) is 4.42. The van der Waals surface area contributed by atoms with Gasteiger partial charge in [0.15, 0.2) is 0 Å². The fourth-order valence-corrected chi connectivity index (χ4v) is 2.86. The van der Waals surface area contributed by atoms with E-state index in [-0.39, 0.29) is 30.3 Å². The zero-order valence-corrected chi connectivity index (χ0v) is 12.3. The number of likely N-dealkylation sites (tertiary alicyclic amines) is 1. The van der Waals surface area contributed by atoms with Gasteiger partial charge >= 0.3 is 0 Å². The molecular weight excluding hydrogens is 273 g/mol. The normalized spacial score (nSPS) is 19.1. The smallest absolute Gasteiger partial charge is 0.235 e. The number of nitrogens with zero attached hydrogens (tertiary/aromatic N) is 1. The molecule has 1 unspecified atom stereocenters. The number of rotatable bonds is 5. The molecule has 1 N–H and O–H groups in total. The summed E-state index contributed by atoms with van der Waals surface area (Å²) in [6, 6.07) is 5.83. The van der Waals surface area contributed by atoms with Gasteiger partial charge in [-0.3, -0.25) is 14.5 Å². The van der Waals surface area contributed by atoms with Crippen LogP contribution >= 0.6 is 0 Å². The van der Waals surface area contributed by atoms with E-state index < -0.39 is 17.3 Å². The molecule has 0 spiro atoms. The van der Waals surface area contributed by atoms with E-state index in [1.54, 1.807) is 6.07 Å². The van der Waals surface area contributed by atoms with Gasteiger partial charge in [-0.1, -0.05) is 32.0 Å². The number of amides is 2. The van der Waals surface area contributed by atoms with Gasteiger partial charge in [-0.15, -0.1) is 0 Å². The standard InChI is InChI=1S/C16H20FNO3/c1-3-16(4-2)9-14(20)18(15(16)21)10-13(19)11-7-5-6-8-12(11)17/h5-8,13,19H,3-4,9-10H2,1-2H3. The Bertz CT molecular complexity index is 554. The van der Waals surface area contributed by atoms with Gasteiger partial charge in [0.2, 0.25) is 11.8 Å². The second-order valence-electron chi connectivity index (χ2n) is 5.51. The van der Waals surface area contributed by atoms with Gasteiger partial charge in [-0.25, -0.2) is 4.39 Å². The highest BCUT2D eigenvalue weighted by molar-refractivity contribution is 6.05. The molecule has 0 bridgehead atoms. The molecule has 1 saturated heterocycles. The predicted octanol–water partition coefficient (Wildman–Crippen LogP) is 2.42. The van der Waals surface area contributed by atoms with Crippen LogP contribution in [0.15, 0.2) is 24.3 Å². The van der Waals surface area contributed by atoms with Gasteiger partial charge < -0.3 is 5.11 Å². The van der Waals surface area contributed by atoms with E-state index in [1.807, 2.05) is 13.8 Å². The molecule has 114 valence electrons. The van der Waals surface area contributed by atoms with Crippen LogP contribution in [0.3, 0.4) is 0 Å². The number of hydrogen-bond donors (Lipinski definition) is 1. The summed E-state index contributed by atoms with van der Waals surface area (Å²) in [7, 11) is 0. The summed E-state index contributed by atoms with van der Waals surface area (Å²) in [5, 5.41) is 10.1. The lowest BCUT2D eigenvalue weighted by Gasteiger charge is -2.25.